The highest BCUT2D eigenvalue weighted by Gasteiger charge is 2.28. The number of nitrogens with one attached hydrogen (secondary N) is 1. The van der Waals surface area contributed by atoms with Crippen LogP contribution in [0.15, 0.2) is 30.3 Å². The second-order valence-corrected chi connectivity index (χ2v) is 6.33. The van der Waals surface area contributed by atoms with E-state index < -0.39 is 0 Å². The maximum atomic E-state index is 5.51. The number of rotatable bonds is 4. The number of nitrogens with zero attached hydrogens (tertiary/aromatic N) is 1. The van der Waals surface area contributed by atoms with Crippen LogP contribution in [0.3, 0.4) is 0 Å². The average Bonchev–Trinajstić information content (AvgIpc) is 2.97. The van der Waals surface area contributed by atoms with Gasteiger partial charge in [-0.1, -0.05) is 30.3 Å². The Balaban J connectivity index is 1.55. The van der Waals surface area contributed by atoms with Gasteiger partial charge < -0.3 is 10.1 Å². The molecule has 0 aromatic heterocycles. The summed E-state index contributed by atoms with van der Waals surface area (Å²) < 4.78 is 5.51. The van der Waals surface area contributed by atoms with Gasteiger partial charge >= 0.3 is 0 Å². The van der Waals surface area contributed by atoms with Crippen LogP contribution in [0, 0.1) is 5.92 Å². The molecule has 1 aromatic rings. The molecule has 3 nitrogen and oxygen atoms in total. The fraction of sp³-hybridized carbons (Fsp3) is 0.647. The van der Waals surface area contributed by atoms with Gasteiger partial charge in [-0.3, -0.25) is 4.90 Å². The predicted octanol–water partition coefficient (Wildman–Crippen LogP) is 1.93. The van der Waals surface area contributed by atoms with E-state index in [2.05, 4.69) is 47.5 Å². The smallest absolute Gasteiger partial charge is 0.0507 e. The lowest BCUT2D eigenvalue weighted by atomic mass is 10.00. The lowest BCUT2D eigenvalue weighted by Crippen LogP contribution is -2.57. The first kappa shape index (κ1) is 14.1. The van der Waals surface area contributed by atoms with E-state index in [9.17, 15) is 0 Å². The Labute approximate surface area is 122 Å². The van der Waals surface area contributed by atoms with E-state index in [4.69, 9.17) is 4.74 Å². The molecule has 2 heterocycles. The van der Waals surface area contributed by atoms with Crippen LogP contribution in [0.2, 0.25) is 0 Å². The van der Waals surface area contributed by atoms with E-state index in [0.29, 0.717) is 12.1 Å². The summed E-state index contributed by atoms with van der Waals surface area (Å²) in [4.78, 5) is 2.66. The van der Waals surface area contributed by atoms with Gasteiger partial charge in [0, 0.05) is 38.3 Å². The number of hydrogen-bond donors (Lipinski definition) is 1. The maximum absolute atomic E-state index is 5.51. The van der Waals surface area contributed by atoms with E-state index in [1.165, 1.54) is 18.5 Å². The van der Waals surface area contributed by atoms with Gasteiger partial charge in [0.05, 0.1) is 6.61 Å². The van der Waals surface area contributed by atoms with Crippen molar-refractivity contribution >= 4 is 0 Å². The molecule has 2 aliphatic heterocycles. The van der Waals surface area contributed by atoms with E-state index in [1.807, 2.05) is 0 Å². The van der Waals surface area contributed by atoms with Crippen molar-refractivity contribution in [1.82, 2.24) is 10.2 Å². The summed E-state index contributed by atoms with van der Waals surface area (Å²) in [7, 11) is 0. The average molecular weight is 274 g/mol. The Morgan fingerprint density at radius 3 is 2.90 bits per heavy atom. The molecule has 3 heteroatoms. The van der Waals surface area contributed by atoms with Crippen LogP contribution in [0.4, 0.5) is 0 Å². The quantitative estimate of drug-likeness (QED) is 0.908. The lowest BCUT2D eigenvalue weighted by molar-refractivity contribution is 0.110. The molecule has 0 spiro atoms. The minimum Gasteiger partial charge on any atom is -0.381 e. The lowest BCUT2D eigenvalue weighted by Gasteiger charge is -2.40. The van der Waals surface area contributed by atoms with Crippen LogP contribution in [0.25, 0.3) is 0 Å². The van der Waals surface area contributed by atoms with Crippen LogP contribution >= 0.6 is 0 Å². The van der Waals surface area contributed by atoms with Crippen molar-refractivity contribution in [2.24, 2.45) is 5.92 Å². The van der Waals surface area contributed by atoms with Gasteiger partial charge in [-0.15, -0.1) is 0 Å². The number of ether oxygens (including phenoxy) is 1. The third-order valence-corrected chi connectivity index (χ3v) is 4.62. The van der Waals surface area contributed by atoms with Gasteiger partial charge in [0.2, 0.25) is 0 Å². The van der Waals surface area contributed by atoms with Crippen molar-refractivity contribution in [1.29, 1.82) is 0 Å². The Kier molecular flexibility index (Phi) is 4.71. The first-order valence-corrected chi connectivity index (χ1v) is 7.90. The molecular weight excluding hydrogens is 248 g/mol. The van der Waals surface area contributed by atoms with Crippen molar-refractivity contribution in [3.63, 3.8) is 0 Å². The summed E-state index contributed by atoms with van der Waals surface area (Å²) in [6.07, 6.45) is 2.37. The van der Waals surface area contributed by atoms with Crippen molar-refractivity contribution in [3.8, 4) is 0 Å². The normalized spacial score (nSPS) is 31.6. The molecule has 2 aliphatic rings. The SMILES string of the molecule is CC1CNC(Cc2ccccc2)CN1CC1CCOC1. The molecule has 2 fully saturated rings. The van der Waals surface area contributed by atoms with Crippen LogP contribution < -0.4 is 5.32 Å². The first-order chi connectivity index (χ1) is 9.81. The van der Waals surface area contributed by atoms with Gasteiger partial charge in [-0.25, -0.2) is 0 Å². The van der Waals surface area contributed by atoms with Crippen LogP contribution in [-0.2, 0) is 11.2 Å². The zero-order valence-electron chi connectivity index (χ0n) is 12.4. The standard InChI is InChI=1S/C17H26N2O/c1-14-10-18-17(9-15-5-3-2-4-6-15)12-19(14)11-16-7-8-20-13-16/h2-6,14,16-18H,7-13H2,1H3. The largest absolute Gasteiger partial charge is 0.381 e. The minimum absolute atomic E-state index is 0.580. The molecule has 0 radical (unpaired) electrons. The molecule has 2 saturated heterocycles. The summed E-state index contributed by atoms with van der Waals surface area (Å²) in [5.74, 6) is 0.743. The molecule has 3 unspecified atom stereocenters. The highest BCUT2D eigenvalue weighted by atomic mass is 16.5. The third-order valence-electron chi connectivity index (χ3n) is 4.62. The molecule has 3 rings (SSSR count). The second-order valence-electron chi connectivity index (χ2n) is 6.33. The van der Waals surface area contributed by atoms with Crippen molar-refractivity contribution in [2.75, 3.05) is 32.8 Å². The van der Waals surface area contributed by atoms with E-state index in [-0.39, 0.29) is 0 Å². The predicted molar refractivity (Wildman–Crippen MR) is 81.9 cm³/mol. The van der Waals surface area contributed by atoms with Gasteiger partial charge in [0.15, 0.2) is 0 Å². The van der Waals surface area contributed by atoms with E-state index in [0.717, 1.165) is 38.6 Å². The number of piperazine rings is 1. The Hall–Kier alpha value is -0.900. The minimum atomic E-state index is 0.580. The van der Waals surface area contributed by atoms with Crippen molar-refractivity contribution < 1.29 is 4.74 Å². The Morgan fingerprint density at radius 2 is 2.15 bits per heavy atom. The first-order valence-electron chi connectivity index (χ1n) is 7.90. The van der Waals surface area contributed by atoms with Gasteiger partial charge in [0.1, 0.15) is 0 Å². The van der Waals surface area contributed by atoms with Crippen LogP contribution in [0.5, 0.6) is 0 Å². The monoisotopic (exact) mass is 274 g/mol. The molecule has 3 atom stereocenters. The summed E-state index contributed by atoms with van der Waals surface area (Å²) in [5.41, 5.74) is 1.43. The van der Waals surface area contributed by atoms with Gasteiger partial charge in [0.25, 0.3) is 0 Å². The molecule has 0 saturated carbocycles. The molecule has 1 N–H and O–H groups in total. The molecule has 0 aliphatic carbocycles. The number of benzene rings is 1. The highest BCUT2D eigenvalue weighted by molar-refractivity contribution is 5.16. The second kappa shape index (κ2) is 6.70. The Morgan fingerprint density at radius 1 is 1.30 bits per heavy atom. The fourth-order valence-electron chi connectivity index (χ4n) is 3.34. The fourth-order valence-corrected chi connectivity index (χ4v) is 3.34. The molecule has 20 heavy (non-hydrogen) atoms. The summed E-state index contributed by atoms with van der Waals surface area (Å²) in [5, 5.41) is 3.70. The summed E-state index contributed by atoms with van der Waals surface area (Å²) in [6.45, 7) is 7.71. The zero-order chi connectivity index (χ0) is 13.8. The van der Waals surface area contributed by atoms with Crippen molar-refractivity contribution in [2.45, 2.75) is 31.8 Å². The number of hydrogen-bond acceptors (Lipinski definition) is 3. The zero-order valence-corrected chi connectivity index (χ0v) is 12.4. The molecule has 110 valence electrons. The van der Waals surface area contributed by atoms with Crippen LogP contribution in [-0.4, -0.2) is 49.8 Å². The van der Waals surface area contributed by atoms with Crippen LogP contribution in [0.1, 0.15) is 18.9 Å². The highest BCUT2D eigenvalue weighted by Crippen LogP contribution is 2.18. The summed E-state index contributed by atoms with van der Waals surface area (Å²) >= 11 is 0. The molecular formula is C17H26N2O. The molecule has 0 bridgehead atoms. The molecule has 1 aromatic carbocycles. The van der Waals surface area contributed by atoms with Gasteiger partial charge in [-0.05, 0) is 31.2 Å². The molecule has 0 amide bonds. The van der Waals surface area contributed by atoms with Crippen molar-refractivity contribution in [3.05, 3.63) is 35.9 Å². The topological polar surface area (TPSA) is 24.5 Å². The maximum Gasteiger partial charge on any atom is 0.0507 e. The Bertz CT molecular complexity index is 403. The summed E-state index contributed by atoms with van der Waals surface area (Å²) in [6, 6.07) is 12.0. The van der Waals surface area contributed by atoms with E-state index in [1.54, 1.807) is 0 Å². The van der Waals surface area contributed by atoms with E-state index >= 15 is 0 Å². The van der Waals surface area contributed by atoms with Gasteiger partial charge in [-0.2, -0.15) is 0 Å². The third kappa shape index (κ3) is 3.60.